The number of benzene rings is 1. The molecule has 1 aromatic heterocycles. The van der Waals surface area contributed by atoms with E-state index < -0.39 is 0 Å². The Labute approximate surface area is 125 Å². The van der Waals surface area contributed by atoms with Crippen LogP contribution in [-0.4, -0.2) is 21.7 Å². The topological polar surface area (TPSA) is 59.0 Å². The first-order chi connectivity index (χ1) is 9.94. The molecule has 0 fully saturated rings. The summed E-state index contributed by atoms with van der Waals surface area (Å²) < 4.78 is 1.73. The zero-order valence-electron chi connectivity index (χ0n) is 13.0. The van der Waals surface area contributed by atoms with Gasteiger partial charge in [0.1, 0.15) is 0 Å². The standard InChI is InChI=1S/C16H22N4O/c1-11-5-6-15(12(2)7-11)19-16(21)8-13(3)18-14-9-17-20(4)10-14/h5-7,9-10,13,18H,8H2,1-4H3,(H,19,21)/t13-/m1/s1. The first kappa shape index (κ1) is 15.1. The summed E-state index contributed by atoms with van der Waals surface area (Å²) in [7, 11) is 1.86. The van der Waals surface area contributed by atoms with Crippen molar-refractivity contribution < 1.29 is 4.79 Å². The minimum Gasteiger partial charge on any atom is -0.380 e. The van der Waals surface area contributed by atoms with E-state index in [0.29, 0.717) is 6.42 Å². The number of nitrogens with zero attached hydrogens (tertiary/aromatic N) is 2. The van der Waals surface area contributed by atoms with Gasteiger partial charge in [0.15, 0.2) is 0 Å². The van der Waals surface area contributed by atoms with Gasteiger partial charge in [-0.05, 0) is 32.4 Å². The molecule has 1 heterocycles. The third kappa shape index (κ3) is 4.34. The Morgan fingerprint density at radius 2 is 2.14 bits per heavy atom. The fourth-order valence-corrected chi connectivity index (χ4v) is 2.26. The van der Waals surface area contributed by atoms with Gasteiger partial charge in [-0.3, -0.25) is 9.48 Å². The van der Waals surface area contributed by atoms with Crippen LogP contribution >= 0.6 is 0 Å². The van der Waals surface area contributed by atoms with Crippen LogP contribution in [0.1, 0.15) is 24.5 Å². The molecule has 0 aliphatic heterocycles. The molecule has 0 aliphatic rings. The maximum absolute atomic E-state index is 12.1. The molecular formula is C16H22N4O. The third-order valence-electron chi connectivity index (χ3n) is 3.27. The van der Waals surface area contributed by atoms with Gasteiger partial charge in [-0.2, -0.15) is 5.10 Å². The van der Waals surface area contributed by atoms with Crippen molar-refractivity contribution >= 4 is 17.3 Å². The number of nitrogens with one attached hydrogen (secondary N) is 2. The zero-order valence-corrected chi connectivity index (χ0v) is 13.0. The van der Waals surface area contributed by atoms with E-state index in [4.69, 9.17) is 0 Å². The number of carbonyl (C=O) groups excluding carboxylic acids is 1. The summed E-state index contributed by atoms with van der Waals surface area (Å²) in [6.07, 6.45) is 4.04. The molecule has 1 aromatic carbocycles. The van der Waals surface area contributed by atoms with Gasteiger partial charge >= 0.3 is 0 Å². The molecule has 1 amide bonds. The van der Waals surface area contributed by atoms with Crippen molar-refractivity contribution in [2.24, 2.45) is 7.05 Å². The molecule has 1 atom stereocenters. The lowest BCUT2D eigenvalue weighted by atomic mass is 10.1. The molecule has 0 radical (unpaired) electrons. The number of anilines is 2. The third-order valence-corrected chi connectivity index (χ3v) is 3.27. The predicted octanol–water partition coefficient (Wildman–Crippen LogP) is 2.87. The minimum absolute atomic E-state index is 0.00541. The zero-order chi connectivity index (χ0) is 15.4. The highest BCUT2D eigenvalue weighted by Crippen LogP contribution is 2.16. The first-order valence-electron chi connectivity index (χ1n) is 7.06. The average Bonchev–Trinajstić information content (AvgIpc) is 2.78. The van der Waals surface area contributed by atoms with Crippen molar-refractivity contribution in [1.82, 2.24) is 9.78 Å². The van der Waals surface area contributed by atoms with Crippen LogP contribution in [0.25, 0.3) is 0 Å². The number of hydrogen-bond acceptors (Lipinski definition) is 3. The largest absolute Gasteiger partial charge is 0.380 e. The second-order valence-electron chi connectivity index (χ2n) is 5.52. The van der Waals surface area contributed by atoms with Gasteiger partial charge in [-0.15, -0.1) is 0 Å². The number of carbonyl (C=O) groups is 1. The summed E-state index contributed by atoms with van der Waals surface area (Å²) in [6, 6.07) is 6.05. The van der Waals surface area contributed by atoms with Crippen LogP contribution in [-0.2, 0) is 11.8 Å². The van der Waals surface area contributed by atoms with Crippen LogP contribution in [0.2, 0.25) is 0 Å². The number of aromatic nitrogens is 2. The van der Waals surface area contributed by atoms with E-state index in [1.807, 2.05) is 46.1 Å². The summed E-state index contributed by atoms with van der Waals surface area (Å²) >= 11 is 0. The summed E-state index contributed by atoms with van der Waals surface area (Å²) in [5.74, 6) is 0.00541. The van der Waals surface area contributed by atoms with Crippen molar-refractivity contribution in [1.29, 1.82) is 0 Å². The Bertz CT molecular complexity index is 633. The average molecular weight is 286 g/mol. The van der Waals surface area contributed by atoms with Crippen molar-refractivity contribution in [2.75, 3.05) is 10.6 Å². The second-order valence-corrected chi connectivity index (χ2v) is 5.52. The summed E-state index contributed by atoms with van der Waals surface area (Å²) in [6.45, 7) is 6.02. The highest BCUT2D eigenvalue weighted by Gasteiger charge is 2.11. The maximum Gasteiger partial charge on any atom is 0.226 e. The molecule has 5 heteroatoms. The first-order valence-corrected chi connectivity index (χ1v) is 7.06. The number of hydrogen-bond donors (Lipinski definition) is 2. The van der Waals surface area contributed by atoms with Gasteiger partial charge in [-0.25, -0.2) is 0 Å². The molecule has 21 heavy (non-hydrogen) atoms. The summed E-state index contributed by atoms with van der Waals surface area (Å²) in [5.41, 5.74) is 4.07. The minimum atomic E-state index is 0.00541. The molecular weight excluding hydrogens is 264 g/mol. The Morgan fingerprint density at radius 3 is 2.76 bits per heavy atom. The van der Waals surface area contributed by atoms with E-state index in [1.165, 1.54) is 5.56 Å². The van der Waals surface area contributed by atoms with E-state index in [9.17, 15) is 4.79 Å². The van der Waals surface area contributed by atoms with Crippen molar-refractivity contribution in [3.63, 3.8) is 0 Å². The van der Waals surface area contributed by atoms with E-state index in [-0.39, 0.29) is 11.9 Å². The molecule has 2 N–H and O–H groups in total. The van der Waals surface area contributed by atoms with Gasteiger partial charge in [0.2, 0.25) is 5.91 Å². The van der Waals surface area contributed by atoms with Gasteiger partial charge in [-0.1, -0.05) is 17.7 Å². The highest BCUT2D eigenvalue weighted by molar-refractivity contribution is 5.92. The van der Waals surface area contributed by atoms with Gasteiger partial charge in [0.05, 0.1) is 11.9 Å². The summed E-state index contributed by atoms with van der Waals surface area (Å²) in [4.78, 5) is 12.1. The number of amides is 1. The van der Waals surface area contributed by atoms with Gasteiger partial charge < -0.3 is 10.6 Å². The van der Waals surface area contributed by atoms with Gasteiger partial charge in [0, 0.05) is 31.4 Å². The van der Waals surface area contributed by atoms with Crippen LogP contribution < -0.4 is 10.6 Å². The quantitative estimate of drug-likeness (QED) is 0.888. The molecule has 0 bridgehead atoms. The Morgan fingerprint density at radius 1 is 1.38 bits per heavy atom. The normalized spacial score (nSPS) is 12.0. The fourth-order valence-electron chi connectivity index (χ4n) is 2.26. The molecule has 112 valence electrons. The monoisotopic (exact) mass is 286 g/mol. The smallest absolute Gasteiger partial charge is 0.226 e. The molecule has 0 saturated heterocycles. The van der Waals surface area contributed by atoms with E-state index in [0.717, 1.165) is 16.9 Å². The number of aryl methyl sites for hydroxylation is 3. The van der Waals surface area contributed by atoms with E-state index >= 15 is 0 Å². The highest BCUT2D eigenvalue weighted by atomic mass is 16.1. The van der Waals surface area contributed by atoms with Crippen molar-refractivity contribution in [3.05, 3.63) is 41.7 Å². The molecule has 0 spiro atoms. The lowest BCUT2D eigenvalue weighted by Gasteiger charge is -2.14. The van der Waals surface area contributed by atoms with Crippen molar-refractivity contribution in [2.45, 2.75) is 33.2 Å². The lowest BCUT2D eigenvalue weighted by molar-refractivity contribution is -0.116. The van der Waals surface area contributed by atoms with E-state index in [1.54, 1.807) is 10.9 Å². The van der Waals surface area contributed by atoms with Crippen LogP contribution in [0, 0.1) is 13.8 Å². The summed E-state index contributed by atoms with van der Waals surface area (Å²) in [5, 5.41) is 10.3. The molecule has 0 saturated carbocycles. The van der Waals surface area contributed by atoms with Gasteiger partial charge in [0.25, 0.3) is 0 Å². The molecule has 5 nitrogen and oxygen atoms in total. The number of rotatable bonds is 5. The van der Waals surface area contributed by atoms with Crippen LogP contribution in [0.4, 0.5) is 11.4 Å². The predicted molar refractivity (Wildman–Crippen MR) is 85.5 cm³/mol. The second kappa shape index (κ2) is 6.43. The fraction of sp³-hybridized carbons (Fsp3) is 0.375. The molecule has 2 rings (SSSR count). The molecule has 0 unspecified atom stereocenters. The lowest BCUT2D eigenvalue weighted by Crippen LogP contribution is -2.23. The molecule has 2 aromatic rings. The molecule has 0 aliphatic carbocycles. The van der Waals surface area contributed by atoms with Crippen LogP contribution in [0.15, 0.2) is 30.6 Å². The maximum atomic E-state index is 12.1. The van der Waals surface area contributed by atoms with E-state index in [2.05, 4.69) is 21.8 Å². The van der Waals surface area contributed by atoms with Crippen molar-refractivity contribution in [3.8, 4) is 0 Å². The Hall–Kier alpha value is -2.30. The SMILES string of the molecule is Cc1ccc(NC(=O)C[C@@H](C)Nc2cnn(C)c2)c(C)c1. The Balaban J connectivity index is 1.89. The van der Waals surface area contributed by atoms with Crippen LogP contribution in [0.5, 0.6) is 0 Å². The van der Waals surface area contributed by atoms with Crippen LogP contribution in [0.3, 0.4) is 0 Å². The Kier molecular flexibility index (Phi) is 4.62.